The van der Waals surface area contributed by atoms with Gasteiger partial charge in [-0.15, -0.1) is 4.39 Å². The van der Waals surface area contributed by atoms with Crippen LogP contribution in [0.3, 0.4) is 0 Å². The lowest BCUT2D eigenvalue weighted by Crippen LogP contribution is -2.29. The molecule has 1 N–H and O–H groups in total. The fourth-order valence-electron chi connectivity index (χ4n) is 1.40. The van der Waals surface area contributed by atoms with Crippen molar-refractivity contribution in [1.29, 1.82) is 0 Å². The molecule has 0 aliphatic carbocycles. The van der Waals surface area contributed by atoms with E-state index >= 15 is 0 Å². The lowest BCUT2D eigenvalue weighted by Gasteiger charge is -2.14. The van der Waals surface area contributed by atoms with Crippen LogP contribution >= 0.6 is 0 Å². The fourth-order valence-corrected chi connectivity index (χ4v) is 1.40. The largest absolute Gasteiger partial charge is 0.274 e. The molecule has 96 valence electrons. The van der Waals surface area contributed by atoms with Crippen molar-refractivity contribution >= 4 is 5.91 Å². The molecule has 1 atom stereocenters. The SMILES string of the molecule is CC(C)CC(C#CF)ONC(=O)c1ccccc1. The van der Waals surface area contributed by atoms with E-state index in [2.05, 4.69) is 11.4 Å². The Hall–Kier alpha value is -1.86. The molecule has 0 heterocycles. The first-order valence-corrected chi connectivity index (χ1v) is 5.75. The molecule has 1 rings (SSSR count). The highest BCUT2D eigenvalue weighted by Crippen LogP contribution is 2.07. The van der Waals surface area contributed by atoms with Gasteiger partial charge in [0.1, 0.15) is 12.3 Å². The van der Waals surface area contributed by atoms with Crippen molar-refractivity contribution in [3.05, 3.63) is 35.9 Å². The van der Waals surface area contributed by atoms with Gasteiger partial charge < -0.3 is 0 Å². The highest BCUT2D eigenvalue weighted by Gasteiger charge is 2.12. The molecule has 1 aromatic carbocycles. The Bertz CT molecular complexity index is 434. The molecule has 18 heavy (non-hydrogen) atoms. The number of benzene rings is 1. The fraction of sp³-hybridized carbons (Fsp3) is 0.357. The van der Waals surface area contributed by atoms with Gasteiger partial charge in [0, 0.05) is 5.56 Å². The molecule has 1 unspecified atom stereocenters. The monoisotopic (exact) mass is 249 g/mol. The van der Waals surface area contributed by atoms with Gasteiger partial charge >= 0.3 is 0 Å². The molecule has 1 aromatic rings. The van der Waals surface area contributed by atoms with Crippen LogP contribution in [0.4, 0.5) is 4.39 Å². The summed E-state index contributed by atoms with van der Waals surface area (Å²) in [6, 6.07) is 8.64. The van der Waals surface area contributed by atoms with Crippen molar-refractivity contribution in [2.75, 3.05) is 0 Å². The van der Waals surface area contributed by atoms with Crippen molar-refractivity contribution < 1.29 is 14.0 Å². The zero-order valence-corrected chi connectivity index (χ0v) is 10.4. The Morgan fingerprint density at radius 1 is 1.39 bits per heavy atom. The highest BCUT2D eigenvalue weighted by molar-refractivity contribution is 5.93. The van der Waals surface area contributed by atoms with Crippen LogP contribution < -0.4 is 5.48 Å². The minimum atomic E-state index is -0.636. The van der Waals surface area contributed by atoms with Crippen molar-refractivity contribution in [2.24, 2.45) is 5.92 Å². The predicted octanol–water partition coefficient (Wildman–Crippen LogP) is 2.69. The summed E-state index contributed by atoms with van der Waals surface area (Å²) < 4.78 is 12.0. The summed E-state index contributed by atoms with van der Waals surface area (Å²) >= 11 is 0. The Balaban J connectivity index is 2.51. The van der Waals surface area contributed by atoms with E-state index < -0.39 is 6.10 Å². The van der Waals surface area contributed by atoms with E-state index in [1.165, 1.54) is 6.17 Å². The van der Waals surface area contributed by atoms with Gasteiger partial charge in [-0.05, 0) is 30.4 Å². The molecule has 0 bridgehead atoms. The lowest BCUT2D eigenvalue weighted by atomic mass is 10.1. The summed E-state index contributed by atoms with van der Waals surface area (Å²) in [7, 11) is 0. The number of hydrogen-bond acceptors (Lipinski definition) is 2. The van der Waals surface area contributed by atoms with E-state index in [0.717, 1.165) is 0 Å². The van der Waals surface area contributed by atoms with Crippen molar-refractivity contribution in [3.63, 3.8) is 0 Å². The molecule has 0 saturated carbocycles. The Morgan fingerprint density at radius 2 is 2.06 bits per heavy atom. The van der Waals surface area contributed by atoms with Crippen LogP contribution in [0, 0.1) is 18.0 Å². The second kappa shape index (κ2) is 7.46. The van der Waals surface area contributed by atoms with Crippen LogP contribution in [0.15, 0.2) is 30.3 Å². The Kier molecular flexibility index (Phi) is 5.89. The number of hydroxylamine groups is 1. The number of hydrogen-bond donors (Lipinski definition) is 1. The zero-order chi connectivity index (χ0) is 13.4. The van der Waals surface area contributed by atoms with Gasteiger partial charge in [0.25, 0.3) is 5.91 Å². The smallest absolute Gasteiger partial charge is 0.267 e. The number of carbonyl (C=O) groups is 1. The van der Waals surface area contributed by atoms with Gasteiger partial charge in [0.15, 0.2) is 0 Å². The van der Waals surface area contributed by atoms with Crippen molar-refractivity contribution in [3.8, 4) is 12.1 Å². The topological polar surface area (TPSA) is 38.3 Å². The van der Waals surface area contributed by atoms with E-state index in [4.69, 9.17) is 4.84 Å². The molecule has 0 aliphatic rings. The Labute approximate surface area is 106 Å². The molecule has 3 nitrogen and oxygen atoms in total. The maximum Gasteiger partial charge on any atom is 0.274 e. The average molecular weight is 249 g/mol. The standard InChI is InChI=1S/C14H16FNO2/c1-11(2)10-13(8-9-15)18-16-14(17)12-6-4-3-5-7-12/h3-7,11,13H,10H2,1-2H3,(H,16,17). The number of halogens is 1. The number of carbonyl (C=O) groups excluding carboxylic acids is 1. The first-order valence-electron chi connectivity index (χ1n) is 5.75. The van der Waals surface area contributed by atoms with Gasteiger partial charge in [-0.1, -0.05) is 32.0 Å². The maximum absolute atomic E-state index is 12.0. The lowest BCUT2D eigenvalue weighted by molar-refractivity contribution is 0.000850. The van der Waals surface area contributed by atoms with E-state index in [1.807, 2.05) is 19.9 Å². The van der Waals surface area contributed by atoms with Gasteiger partial charge in [-0.2, -0.15) is 0 Å². The minimum absolute atomic E-state index is 0.296. The van der Waals surface area contributed by atoms with Gasteiger partial charge in [0.2, 0.25) is 0 Å². The normalized spacial score (nSPS) is 11.6. The van der Waals surface area contributed by atoms with Crippen LogP contribution in [-0.4, -0.2) is 12.0 Å². The summed E-state index contributed by atoms with van der Waals surface area (Å²) in [5.74, 6) is 2.19. The third-order valence-corrected chi connectivity index (χ3v) is 2.23. The highest BCUT2D eigenvalue weighted by atomic mass is 19.1. The second-order valence-corrected chi connectivity index (χ2v) is 4.27. The number of amides is 1. The quantitative estimate of drug-likeness (QED) is 0.643. The molecule has 0 aliphatic heterocycles. The van der Waals surface area contributed by atoms with E-state index in [1.54, 1.807) is 24.3 Å². The summed E-state index contributed by atoms with van der Waals surface area (Å²) in [6.45, 7) is 3.94. The minimum Gasteiger partial charge on any atom is -0.267 e. The molecule has 0 fully saturated rings. The van der Waals surface area contributed by atoms with Crippen LogP contribution in [0.2, 0.25) is 0 Å². The summed E-state index contributed by atoms with van der Waals surface area (Å²) in [4.78, 5) is 16.8. The second-order valence-electron chi connectivity index (χ2n) is 4.27. The zero-order valence-electron chi connectivity index (χ0n) is 10.4. The van der Waals surface area contributed by atoms with Crippen molar-refractivity contribution in [1.82, 2.24) is 5.48 Å². The van der Waals surface area contributed by atoms with Crippen LogP contribution in [0.25, 0.3) is 0 Å². The average Bonchev–Trinajstić information content (AvgIpc) is 2.36. The van der Waals surface area contributed by atoms with E-state index in [-0.39, 0.29) is 5.91 Å². The van der Waals surface area contributed by atoms with Crippen LogP contribution in [-0.2, 0) is 4.84 Å². The molecule has 0 aromatic heterocycles. The Morgan fingerprint density at radius 3 is 2.61 bits per heavy atom. The van der Waals surface area contributed by atoms with E-state index in [0.29, 0.717) is 17.9 Å². The molecule has 0 radical (unpaired) electrons. The first kappa shape index (κ1) is 14.2. The summed E-state index contributed by atoms with van der Waals surface area (Å²) in [5.41, 5.74) is 2.76. The summed E-state index contributed by atoms with van der Waals surface area (Å²) in [5, 5.41) is 0. The maximum atomic E-state index is 12.0. The van der Waals surface area contributed by atoms with Gasteiger partial charge in [-0.25, -0.2) is 5.48 Å². The first-order chi connectivity index (χ1) is 8.63. The number of rotatable bonds is 5. The van der Waals surface area contributed by atoms with Crippen molar-refractivity contribution in [2.45, 2.75) is 26.4 Å². The molecule has 4 heteroatoms. The van der Waals surface area contributed by atoms with Gasteiger partial charge in [0.05, 0.1) is 0 Å². The molecular weight excluding hydrogens is 233 g/mol. The van der Waals surface area contributed by atoms with E-state index in [9.17, 15) is 9.18 Å². The van der Waals surface area contributed by atoms with Crippen LogP contribution in [0.1, 0.15) is 30.6 Å². The van der Waals surface area contributed by atoms with Gasteiger partial charge in [-0.3, -0.25) is 9.63 Å². The summed E-state index contributed by atoms with van der Waals surface area (Å²) in [6.07, 6.45) is 1.22. The molecule has 0 spiro atoms. The predicted molar refractivity (Wildman–Crippen MR) is 67.1 cm³/mol. The number of nitrogens with one attached hydrogen (secondary N) is 1. The molecular formula is C14H16FNO2. The third kappa shape index (κ3) is 4.98. The third-order valence-electron chi connectivity index (χ3n) is 2.23. The molecule has 1 amide bonds. The van der Waals surface area contributed by atoms with Crippen LogP contribution in [0.5, 0.6) is 0 Å². The molecule has 0 saturated heterocycles.